The van der Waals surface area contributed by atoms with Gasteiger partial charge in [0.25, 0.3) is 0 Å². The van der Waals surface area contributed by atoms with Crippen molar-refractivity contribution in [2.45, 2.75) is 19.3 Å². The molecule has 0 aliphatic heterocycles. The largest absolute Gasteiger partial charge is 0.513 e. The summed E-state index contributed by atoms with van der Waals surface area (Å²) >= 11 is 3.43. The number of carbonyl (C=O) groups excluding carboxylic acids is 1. The number of unbranched alkanes of at least 4 members (excludes halogenated alkanes) is 1. The Kier molecular flexibility index (Phi) is 4.85. The molecule has 0 saturated heterocycles. The predicted octanol–water partition coefficient (Wildman–Crippen LogP) is 4.03. The van der Waals surface area contributed by atoms with Crippen molar-refractivity contribution in [2.75, 3.05) is 12.4 Å². The molecule has 0 radical (unpaired) electrons. The van der Waals surface area contributed by atoms with Gasteiger partial charge in [0.2, 0.25) is 0 Å². The number of hydrogen-bond donors (Lipinski definition) is 1. The van der Waals surface area contributed by atoms with Crippen LogP contribution in [0.5, 0.6) is 5.75 Å². The molecule has 102 valence electrons. The van der Waals surface area contributed by atoms with Gasteiger partial charge in [-0.3, -0.25) is 0 Å². The molecular weight excluding hydrogens is 310 g/mol. The first-order valence-electron chi connectivity index (χ1n) is 6.16. The molecule has 2 aromatic rings. The highest BCUT2D eigenvalue weighted by Gasteiger charge is 2.08. The zero-order chi connectivity index (χ0) is 13.7. The second-order valence-electron chi connectivity index (χ2n) is 4.22. The van der Waals surface area contributed by atoms with Gasteiger partial charge in [0.15, 0.2) is 0 Å². The van der Waals surface area contributed by atoms with E-state index in [1.54, 1.807) is 6.07 Å². The standard InChI is InChI=1S/C14H16BrNO3/c1-18-14(17)19-11-5-6-13-12(8-11)10(9-16-13)4-2-3-7-15/h5-6,8-9,16H,2-4,7H2,1H3. The van der Waals surface area contributed by atoms with E-state index >= 15 is 0 Å². The number of H-pyrrole nitrogens is 1. The van der Waals surface area contributed by atoms with Gasteiger partial charge in [-0.05, 0) is 43.0 Å². The number of methoxy groups -OCH3 is 1. The van der Waals surface area contributed by atoms with Crippen LogP contribution in [-0.4, -0.2) is 23.6 Å². The summed E-state index contributed by atoms with van der Waals surface area (Å²) < 4.78 is 9.52. The maximum absolute atomic E-state index is 11.1. The molecule has 5 heteroatoms. The summed E-state index contributed by atoms with van der Waals surface area (Å²) in [7, 11) is 1.29. The van der Waals surface area contributed by atoms with Crippen molar-refractivity contribution in [3.63, 3.8) is 0 Å². The fourth-order valence-electron chi connectivity index (χ4n) is 1.98. The molecule has 0 atom stereocenters. The Balaban J connectivity index is 2.19. The molecule has 0 saturated carbocycles. The second-order valence-corrected chi connectivity index (χ2v) is 5.02. The third-order valence-corrected chi connectivity index (χ3v) is 3.50. The first-order chi connectivity index (χ1) is 9.24. The van der Waals surface area contributed by atoms with Gasteiger partial charge in [0.05, 0.1) is 7.11 Å². The normalized spacial score (nSPS) is 10.6. The minimum absolute atomic E-state index is 0.501. The van der Waals surface area contributed by atoms with Crippen LogP contribution in [0.2, 0.25) is 0 Å². The summed E-state index contributed by atoms with van der Waals surface area (Å²) in [5.74, 6) is 0.501. The monoisotopic (exact) mass is 325 g/mol. The number of alkyl halides is 1. The second kappa shape index (κ2) is 6.61. The SMILES string of the molecule is COC(=O)Oc1ccc2[nH]cc(CCCCBr)c2c1. The van der Waals surface area contributed by atoms with Crippen LogP contribution in [0.15, 0.2) is 24.4 Å². The van der Waals surface area contributed by atoms with Gasteiger partial charge >= 0.3 is 6.16 Å². The number of aromatic nitrogens is 1. The van der Waals surface area contributed by atoms with Gasteiger partial charge in [-0.15, -0.1) is 0 Å². The van der Waals surface area contributed by atoms with E-state index in [2.05, 4.69) is 25.7 Å². The Morgan fingerprint density at radius 2 is 2.21 bits per heavy atom. The summed E-state index contributed by atoms with van der Waals surface area (Å²) in [4.78, 5) is 14.3. The zero-order valence-electron chi connectivity index (χ0n) is 10.7. The lowest BCUT2D eigenvalue weighted by Gasteiger charge is -2.03. The topological polar surface area (TPSA) is 51.3 Å². The van der Waals surface area contributed by atoms with Crippen LogP contribution >= 0.6 is 15.9 Å². The van der Waals surface area contributed by atoms with E-state index in [1.165, 1.54) is 12.7 Å². The third kappa shape index (κ3) is 3.50. The minimum atomic E-state index is -0.698. The number of halogens is 1. The lowest BCUT2D eigenvalue weighted by molar-refractivity contribution is 0.121. The number of hydrogen-bond acceptors (Lipinski definition) is 3. The van der Waals surface area contributed by atoms with Crippen molar-refractivity contribution in [3.05, 3.63) is 30.0 Å². The molecule has 0 bridgehead atoms. The summed E-state index contributed by atoms with van der Waals surface area (Å²) in [5, 5.41) is 2.11. The van der Waals surface area contributed by atoms with Crippen molar-refractivity contribution in [3.8, 4) is 5.75 Å². The molecule has 0 aliphatic carbocycles. The molecule has 19 heavy (non-hydrogen) atoms. The molecule has 4 nitrogen and oxygen atoms in total. The van der Waals surface area contributed by atoms with Crippen LogP contribution in [-0.2, 0) is 11.2 Å². The van der Waals surface area contributed by atoms with Gasteiger partial charge in [-0.25, -0.2) is 4.79 Å². The minimum Gasteiger partial charge on any atom is -0.437 e. The van der Waals surface area contributed by atoms with Crippen molar-refractivity contribution < 1.29 is 14.3 Å². The van der Waals surface area contributed by atoms with E-state index in [9.17, 15) is 4.79 Å². The van der Waals surface area contributed by atoms with Crippen LogP contribution < -0.4 is 4.74 Å². The maximum atomic E-state index is 11.1. The van der Waals surface area contributed by atoms with E-state index in [0.717, 1.165) is 35.5 Å². The predicted molar refractivity (Wildman–Crippen MR) is 78.1 cm³/mol. The smallest absolute Gasteiger partial charge is 0.437 e. The Labute approximate surface area is 120 Å². The van der Waals surface area contributed by atoms with E-state index in [1.807, 2.05) is 18.3 Å². The molecule has 0 aliphatic rings. The molecule has 2 rings (SSSR count). The lowest BCUT2D eigenvalue weighted by atomic mass is 10.1. The average molecular weight is 326 g/mol. The lowest BCUT2D eigenvalue weighted by Crippen LogP contribution is -2.06. The average Bonchev–Trinajstić information content (AvgIpc) is 2.82. The Morgan fingerprint density at radius 1 is 1.37 bits per heavy atom. The van der Waals surface area contributed by atoms with Crippen LogP contribution in [0.3, 0.4) is 0 Å². The van der Waals surface area contributed by atoms with Gasteiger partial charge in [0.1, 0.15) is 5.75 Å². The van der Waals surface area contributed by atoms with Crippen LogP contribution in [0.4, 0.5) is 4.79 Å². The summed E-state index contributed by atoms with van der Waals surface area (Å²) in [6.45, 7) is 0. The van der Waals surface area contributed by atoms with E-state index < -0.39 is 6.16 Å². The fraction of sp³-hybridized carbons (Fsp3) is 0.357. The summed E-state index contributed by atoms with van der Waals surface area (Å²) in [6, 6.07) is 5.52. The number of benzene rings is 1. The Bertz CT molecular complexity index is 565. The highest BCUT2D eigenvalue weighted by atomic mass is 79.9. The maximum Gasteiger partial charge on any atom is 0.513 e. The van der Waals surface area contributed by atoms with Gasteiger partial charge < -0.3 is 14.5 Å². The van der Waals surface area contributed by atoms with Crippen molar-refractivity contribution >= 4 is 33.0 Å². The number of ether oxygens (including phenoxy) is 2. The Hall–Kier alpha value is -1.49. The van der Waals surface area contributed by atoms with Crippen molar-refractivity contribution in [1.29, 1.82) is 0 Å². The summed E-state index contributed by atoms with van der Waals surface area (Å²) in [6.07, 6.45) is 4.59. The quantitative estimate of drug-likeness (QED) is 0.391. The molecule has 0 spiro atoms. The number of fused-ring (bicyclic) bond motifs is 1. The first kappa shape index (κ1) is 13.9. The number of rotatable bonds is 5. The number of aromatic amines is 1. The van der Waals surface area contributed by atoms with Crippen LogP contribution in [0.25, 0.3) is 10.9 Å². The van der Waals surface area contributed by atoms with E-state index in [-0.39, 0.29) is 0 Å². The molecular formula is C14H16BrNO3. The number of nitrogens with one attached hydrogen (secondary N) is 1. The molecule has 1 aromatic carbocycles. The van der Waals surface area contributed by atoms with Crippen molar-refractivity contribution in [2.24, 2.45) is 0 Å². The molecule has 0 fully saturated rings. The number of carbonyl (C=O) groups is 1. The molecule has 0 unspecified atom stereocenters. The molecule has 1 heterocycles. The molecule has 0 amide bonds. The van der Waals surface area contributed by atoms with Gasteiger partial charge in [0, 0.05) is 22.4 Å². The van der Waals surface area contributed by atoms with Gasteiger partial charge in [-0.1, -0.05) is 15.9 Å². The molecule has 1 N–H and O–H groups in total. The fourth-order valence-corrected chi connectivity index (χ4v) is 2.37. The van der Waals surface area contributed by atoms with E-state index in [0.29, 0.717) is 5.75 Å². The summed E-state index contributed by atoms with van der Waals surface area (Å²) in [5.41, 5.74) is 2.29. The van der Waals surface area contributed by atoms with Crippen molar-refractivity contribution in [1.82, 2.24) is 4.98 Å². The molecule has 1 aromatic heterocycles. The number of aryl methyl sites for hydroxylation is 1. The van der Waals surface area contributed by atoms with E-state index in [4.69, 9.17) is 4.74 Å². The highest BCUT2D eigenvalue weighted by Crippen LogP contribution is 2.25. The van der Waals surface area contributed by atoms with Crippen LogP contribution in [0.1, 0.15) is 18.4 Å². The third-order valence-electron chi connectivity index (χ3n) is 2.94. The zero-order valence-corrected chi connectivity index (χ0v) is 12.3. The van der Waals surface area contributed by atoms with Gasteiger partial charge in [-0.2, -0.15) is 0 Å². The highest BCUT2D eigenvalue weighted by molar-refractivity contribution is 9.09. The first-order valence-corrected chi connectivity index (χ1v) is 7.28. The Morgan fingerprint density at radius 3 is 2.95 bits per heavy atom. The van der Waals surface area contributed by atoms with Crippen LogP contribution in [0, 0.1) is 0 Å².